The van der Waals surface area contributed by atoms with E-state index in [9.17, 15) is 23.1 Å². The summed E-state index contributed by atoms with van der Waals surface area (Å²) in [5.74, 6) is -0.455. The van der Waals surface area contributed by atoms with Crippen molar-refractivity contribution in [2.24, 2.45) is 5.92 Å². The molecule has 49 heavy (non-hydrogen) atoms. The molecule has 266 valence electrons. The van der Waals surface area contributed by atoms with Crippen molar-refractivity contribution < 1.29 is 27.9 Å². The Morgan fingerprint density at radius 2 is 1.63 bits per heavy atom. The number of nitrogens with zero attached hydrogens (tertiary/aromatic N) is 1. The Morgan fingerprint density at radius 1 is 0.980 bits per heavy atom. The number of rotatable bonds is 19. The minimum absolute atomic E-state index is 0.151. The van der Waals surface area contributed by atoms with Gasteiger partial charge in [-0.25, -0.2) is 8.42 Å². The Morgan fingerprint density at radius 3 is 2.27 bits per heavy atom. The van der Waals surface area contributed by atoms with Gasteiger partial charge in [0.15, 0.2) is 0 Å². The van der Waals surface area contributed by atoms with Crippen molar-refractivity contribution in [2.75, 3.05) is 26.0 Å². The molecule has 10 nitrogen and oxygen atoms in total. The molecule has 0 aromatic heterocycles. The van der Waals surface area contributed by atoms with Gasteiger partial charge in [-0.15, -0.1) is 0 Å². The third-order valence-corrected chi connectivity index (χ3v) is 11.1. The lowest BCUT2D eigenvalue weighted by Gasteiger charge is -2.36. The zero-order valence-electron chi connectivity index (χ0n) is 29.1. The van der Waals surface area contributed by atoms with E-state index in [0.29, 0.717) is 32.2 Å². The number of sulfonamides is 1. The smallest absolute Gasteiger partial charge is 0.244 e. The normalized spacial score (nSPS) is 18.9. The van der Waals surface area contributed by atoms with Crippen molar-refractivity contribution >= 4 is 21.8 Å². The van der Waals surface area contributed by atoms with Crippen LogP contribution in [0.5, 0.6) is 5.75 Å². The molecular formula is C38H52N4O6S. The van der Waals surface area contributed by atoms with E-state index in [2.05, 4.69) is 15.4 Å². The number of aliphatic hydroxyl groups is 1. The highest BCUT2D eigenvalue weighted by molar-refractivity contribution is 7.89. The SMILES string of the molecule is CC[C@H](C)[C@@]1(NS(=O)(=O)CC)CCN([C@@H](CCc2ccccc2)C(=O)N[C@@H](Cc2ccccc2)C(O)CNCc2cccc(OC)c2)C1=O. The summed E-state index contributed by atoms with van der Waals surface area (Å²) < 4.78 is 33.8. The van der Waals surface area contributed by atoms with Crippen molar-refractivity contribution in [2.45, 2.75) is 83.1 Å². The quantitative estimate of drug-likeness (QED) is 0.150. The van der Waals surface area contributed by atoms with Crippen molar-refractivity contribution in [1.82, 2.24) is 20.3 Å². The second-order valence-corrected chi connectivity index (χ2v) is 14.9. The first-order valence-corrected chi connectivity index (χ1v) is 18.9. The van der Waals surface area contributed by atoms with E-state index in [1.807, 2.05) is 98.8 Å². The van der Waals surface area contributed by atoms with Crippen LogP contribution in [0.2, 0.25) is 0 Å². The summed E-state index contributed by atoms with van der Waals surface area (Å²) in [5.41, 5.74) is 1.63. The maximum Gasteiger partial charge on any atom is 0.244 e. The monoisotopic (exact) mass is 692 g/mol. The maximum absolute atomic E-state index is 14.4. The van der Waals surface area contributed by atoms with Gasteiger partial charge in [-0.2, -0.15) is 4.72 Å². The Balaban J connectivity index is 1.59. The molecule has 0 spiro atoms. The Hall–Kier alpha value is -3.77. The van der Waals surface area contributed by atoms with Crippen LogP contribution in [-0.4, -0.2) is 79.9 Å². The van der Waals surface area contributed by atoms with E-state index < -0.39 is 33.7 Å². The predicted molar refractivity (Wildman–Crippen MR) is 192 cm³/mol. The first kappa shape index (κ1) is 38.0. The number of aryl methyl sites for hydroxylation is 1. The molecule has 1 aliphatic rings. The fourth-order valence-electron chi connectivity index (χ4n) is 6.51. The molecular weight excluding hydrogens is 641 g/mol. The molecule has 1 heterocycles. The summed E-state index contributed by atoms with van der Waals surface area (Å²) in [6.07, 6.45) is 1.14. The van der Waals surface area contributed by atoms with Crippen LogP contribution < -0.4 is 20.1 Å². The number of hydrogen-bond donors (Lipinski definition) is 4. The van der Waals surface area contributed by atoms with Crippen molar-refractivity contribution in [3.63, 3.8) is 0 Å². The molecule has 1 saturated heterocycles. The molecule has 1 fully saturated rings. The zero-order chi connectivity index (χ0) is 35.4. The molecule has 3 aromatic carbocycles. The standard InChI is InChI=1S/C38H52N4O6S/c1-5-28(3)38(41-49(46,47)6-2)22-23-42(37(38)45)34(21-20-29-14-9-7-10-15-29)36(44)40-33(25-30-16-11-8-12-17-30)35(43)27-39-26-31-18-13-19-32(24-31)48-4/h7-19,24,28,33-35,39,41,43H,5-6,20-23,25-27H2,1-4H3,(H,40,44)/t28-,33-,34-,35?,38-/m0/s1. The molecule has 3 aromatic rings. The third-order valence-electron chi connectivity index (χ3n) is 9.70. The number of carbonyl (C=O) groups is 2. The molecule has 1 aliphatic heterocycles. The second kappa shape index (κ2) is 17.8. The van der Waals surface area contributed by atoms with Crippen LogP contribution in [0.15, 0.2) is 84.9 Å². The van der Waals surface area contributed by atoms with Crippen molar-refractivity contribution in [3.8, 4) is 5.75 Å². The average Bonchev–Trinajstić information content (AvgIpc) is 3.43. The van der Waals surface area contributed by atoms with E-state index >= 15 is 0 Å². The van der Waals surface area contributed by atoms with E-state index in [1.54, 1.807) is 18.9 Å². The highest BCUT2D eigenvalue weighted by Crippen LogP contribution is 2.35. The molecule has 4 rings (SSSR count). The molecule has 4 N–H and O–H groups in total. The number of hydrogen-bond acceptors (Lipinski definition) is 7. The van der Waals surface area contributed by atoms with Gasteiger partial charge in [-0.1, -0.05) is 93.1 Å². The number of nitrogens with one attached hydrogen (secondary N) is 3. The first-order chi connectivity index (χ1) is 23.5. The molecule has 0 bridgehead atoms. The average molecular weight is 693 g/mol. The fraction of sp³-hybridized carbons (Fsp3) is 0.474. The van der Waals surface area contributed by atoms with E-state index in [4.69, 9.17) is 4.74 Å². The van der Waals surface area contributed by atoms with Gasteiger partial charge in [0, 0.05) is 19.6 Å². The number of methoxy groups -OCH3 is 1. The van der Waals surface area contributed by atoms with Gasteiger partial charge in [0.25, 0.3) is 0 Å². The van der Waals surface area contributed by atoms with E-state index in [-0.39, 0.29) is 43.0 Å². The minimum atomic E-state index is -3.72. The van der Waals surface area contributed by atoms with Gasteiger partial charge in [0.2, 0.25) is 21.8 Å². The molecule has 0 radical (unpaired) electrons. The Bertz CT molecular complexity index is 1610. The van der Waals surface area contributed by atoms with Crippen molar-refractivity contribution in [3.05, 3.63) is 102 Å². The first-order valence-electron chi connectivity index (χ1n) is 17.2. The van der Waals surface area contributed by atoms with Crippen LogP contribution in [0.1, 0.15) is 56.7 Å². The Kier molecular flexibility index (Phi) is 13.8. The highest BCUT2D eigenvalue weighted by Gasteiger charge is 2.54. The van der Waals surface area contributed by atoms with E-state index in [1.165, 1.54) is 0 Å². The number of aliphatic hydroxyl groups excluding tert-OH is 1. The largest absolute Gasteiger partial charge is 0.497 e. The summed E-state index contributed by atoms with van der Waals surface area (Å²) >= 11 is 0. The number of amides is 2. The number of benzene rings is 3. The molecule has 5 atom stereocenters. The van der Waals surface area contributed by atoms with Gasteiger partial charge < -0.3 is 25.4 Å². The number of ether oxygens (including phenoxy) is 1. The summed E-state index contributed by atoms with van der Waals surface area (Å²) in [7, 11) is -2.10. The van der Waals surface area contributed by atoms with Crippen LogP contribution in [-0.2, 0) is 39.0 Å². The van der Waals surface area contributed by atoms with Gasteiger partial charge in [-0.05, 0) is 67.3 Å². The van der Waals surface area contributed by atoms with Crippen LogP contribution >= 0.6 is 0 Å². The van der Waals surface area contributed by atoms with Crippen LogP contribution in [0.3, 0.4) is 0 Å². The lowest BCUT2D eigenvalue weighted by atomic mass is 9.83. The van der Waals surface area contributed by atoms with Crippen LogP contribution in [0.25, 0.3) is 0 Å². The number of carbonyl (C=O) groups excluding carboxylic acids is 2. The lowest BCUT2D eigenvalue weighted by molar-refractivity contribution is -0.142. The summed E-state index contributed by atoms with van der Waals surface area (Å²) in [6.45, 7) is 6.29. The predicted octanol–water partition coefficient (Wildman–Crippen LogP) is 3.83. The minimum Gasteiger partial charge on any atom is -0.497 e. The molecule has 11 heteroatoms. The second-order valence-electron chi connectivity index (χ2n) is 12.9. The van der Waals surface area contributed by atoms with Gasteiger partial charge in [0.05, 0.1) is 25.0 Å². The van der Waals surface area contributed by atoms with Gasteiger partial charge in [-0.3, -0.25) is 9.59 Å². The zero-order valence-corrected chi connectivity index (χ0v) is 29.9. The van der Waals surface area contributed by atoms with E-state index in [0.717, 1.165) is 22.4 Å². The third kappa shape index (κ3) is 10.1. The molecule has 2 amide bonds. The Labute approximate surface area is 291 Å². The van der Waals surface area contributed by atoms with Crippen molar-refractivity contribution in [1.29, 1.82) is 0 Å². The van der Waals surface area contributed by atoms with Crippen LogP contribution in [0, 0.1) is 5.92 Å². The summed E-state index contributed by atoms with van der Waals surface area (Å²) in [5, 5.41) is 17.9. The van der Waals surface area contributed by atoms with Gasteiger partial charge in [0.1, 0.15) is 17.3 Å². The van der Waals surface area contributed by atoms with Crippen LogP contribution in [0.4, 0.5) is 0 Å². The van der Waals surface area contributed by atoms with Gasteiger partial charge >= 0.3 is 0 Å². The summed E-state index contributed by atoms with van der Waals surface area (Å²) in [6, 6.07) is 25.5. The lowest BCUT2D eigenvalue weighted by Crippen LogP contribution is -2.61. The molecule has 0 aliphatic carbocycles. The molecule has 0 saturated carbocycles. The fourth-order valence-corrected chi connectivity index (χ4v) is 7.60. The molecule has 1 unspecified atom stereocenters. The highest BCUT2D eigenvalue weighted by atomic mass is 32.2. The summed E-state index contributed by atoms with van der Waals surface area (Å²) in [4.78, 5) is 30.3. The number of likely N-dealkylation sites (tertiary alicyclic amines) is 1. The topological polar surface area (TPSA) is 137 Å². The maximum atomic E-state index is 14.4.